The van der Waals surface area contributed by atoms with Gasteiger partial charge in [-0.05, 0) is 54.8 Å². The van der Waals surface area contributed by atoms with Gasteiger partial charge in [-0.1, -0.05) is 24.9 Å². The molecule has 1 unspecified atom stereocenters. The molecule has 0 aliphatic carbocycles. The van der Waals surface area contributed by atoms with Crippen LogP contribution < -0.4 is 5.32 Å². The van der Waals surface area contributed by atoms with Gasteiger partial charge in [-0.25, -0.2) is 13.1 Å². The van der Waals surface area contributed by atoms with E-state index in [1.807, 2.05) is 26.0 Å². The van der Waals surface area contributed by atoms with Gasteiger partial charge in [0.15, 0.2) is 9.84 Å². The lowest BCUT2D eigenvalue weighted by atomic mass is 10.0. The number of rotatable bonds is 8. The molecule has 1 aromatic carbocycles. The lowest BCUT2D eigenvalue weighted by Gasteiger charge is -2.19. The van der Waals surface area contributed by atoms with E-state index in [-0.39, 0.29) is 17.7 Å². The molecule has 0 saturated heterocycles. The first kappa shape index (κ1) is 23.0. The maximum atomic E-state index is 13.0. The van der Waals surface area contributed by atoms with Gasteiger partial charge in [-0.3, -0.25) is 9.78 Å². The number of halogens is 1. The Balaban J connectivity index is 1.83. The number of pyridine rings is 1. The molecule has 9 heteroatoms. The van der Waals surface area contributed by atoms with Crippen molar-refractivity contribution >= 4 is 27.3 Å². The van der Waals surface area contributed by atoms with E-state index in [2.05, 4.69) is 15.4 Å². The zero-order valence-electron chi connectivity index (χ0n) is 17.7. The topological polar surface area (TPSA) is 93.9 Å². The monoisotopic (exact) mass is 460 g/mol. The van der Waals surface area contributed by atoms with Crippen molar-refractivity contribution in [1.82, 2.24) is 20.1 Å². The van der Waals surface area contributed by atoms with Crippen LogP contribution in [0.4, 0.5) is 0 Å². The third kappa shape index (κ3) is 5.92. The lowest BCUT2D eigenvalue weighted by molar-refractivity contribution is 0.0933. The molecule has 2 heterocycles. The Hall–Kier alpha value is -2.71. The molecule has 0 saturated carbocycles. The normalized spacial score (nSPS) is 12.5. The molecular weight excluding hydrogens is 436 g/mol. The van der Waals surface area contributed by atoms with Crippen LogP contribution in [-0.2, 0) is 15.6 Å². The Morgan fingerprint density at radius 2 is 1.90 bits per heavy atom. The van der Waals surface area contributed by atoms with Crippen LogP contribution in [-0.4, -0.2) is 35.3 Å². The molecule has 3 rings (SSSR count). The van der Waals surface area contributed by atoms with Crippen LogP contribution in [0.2, 0.25) is 5.02 Å². The molecule has 7 nitrogen and oxygen atoms in total. The van der Waals surface area contributed by atoms with Crippen molar-refractivity contribution in [3.05, 3.63) is 76.3 Å². The van der Waals surface area contributed by atoms with Crippen molar-refractivity contribution in [1.29, 1.82) is 0 Å². The number of benzene rings is 1. The average molecular weight is 461 g/mol. The molecule has 1 amide bonds. The average Bonchev–Trinajstić information content (AvgIpc) is 3.08. The van der Waals surface area contributed by atoms with Gasteiger partial charge in [-0.2, -0.15) is 5.10 Å². The first-order chi connectivity index (χ1) is 14.7. The maximum absolute atomic E-state index is 13.0. The minimum atomic E-state index is -3.18. The summed E-state index contributed by atoms with van der Waals surface area (Å²) >= 11 is 5.95. The standard InChI is InChI=1S/C22H25ClN4O3S/c1-4-5-21(17-10-16(11-24-12-17)14-31(3,29)30)26-22(28)20-13-25-27(15(20)2)19-8-6-18(23)7-9-19/h6-13,21H,4-5,14H2,1-3H3,(H,26,28). The van der Waals surface area contributed by atoms with Gasteiger partial charge in [-0.15, -0.1) is 0 Å². The van der Waals surface area contributed by atoms with E-state index >= 15 is 0 Å². The minimum Gasteiger partial charge on any atom is -0.345 e. The van der Waals surface area contributed by atoms with Gasteiger partial charge in [0, 0.05) is 23.7 Å². The van der Waals surface area contributed by atoms with Crippen molar-refractivity contribution in [3.8, 4) is 5.69 Å². The van der Waals surface area contributed by atoms with E-state index in [9.17, 15) is 13.2 Å². The molecule has 0 aliphatic rings. The van der Waals surface area contributed by atoms with Crippen LogP contribution in [0.15, 0.2) is 48.9 Å². The van der Waals surface area contributed by atoms with E-state index in [0.717, 1.165) is 17.7 Å². The lowest BCUT2D eigenvalue weighted by Crippen LogP contribution is -2.29. The van der Waals surface area contributed by atoms with E-state index in [1.54, 1.807) is 35.3 Å². The summed E-state index contributed by atoms with van der Waals surface area (Å²) in [7, 11) is -3.18. The fourth-order valence-corrected chi connectivity index (χ4v) is 4.29. The van der Waals surface area contributed by atoms with Crippen LogP contribution in [0.1, 0.15) is 53.0 Å². The van der Waals surface area contributed by atoms with Crippen molar-refractivity contribution < 1.29 is 13.2 Å². The number of carbonyl (C=O) groups is 1. The van der Waals surface area contributed by atoms with Gasteiger partial charge in [0.05, 0.1) is 34.9 Å². The summed E-state index contributed by atoms with van der Waals surface area (Å²) in [5.41, 5.74) is 3.36. The summed E-state index contributed by atoms with van der Waals surface area (Å²) in [6.45, 7) is 3.86. The molecule has 0 aliphatic heterocycles. The molecule has 1 N–H and O–H groups in total. The molecular formula is C22H25ClN4O3S. The Kier molecular flexibility index (Phi) is 7.12. The van der Waals surface area contributed by atoms with Crippen LogP contribution in [0.25, 0.3) is 5.69 Å². The molecule has 1 atom stereocenters. The van der Waals surface area contributed by atoms with E-state index in [4.69, 9.17) is 11.6 Å². The zero-order valence-corrected chi connectivity index (χ0v) is 19.2. The Morgan fingerprint density at radius 3 is 2.55 bits per heavy atom. The summed E-state index contributed by atoms with van der Waals surface area (Å²) in [6, 6.07) is 8.71. The second-order valence-electron chi connectivity index (χ2n) is 7.54. The fourth-order valence-electron chi connectivity index (χ4n) is 3.40. The first-order valence-electron chi connectivity index (χ1n) is 9.91. The van der Waals surface area contributed by atoms with Crippen molar-refractivity contribution in [2.45, 2.75) is 38.5 Å². The van der Waals surface area contributed by atoms with Gasteiger partial charge in [0.2, 0.25) is 0 Å². The highest BCUT2D eigenvalue weighted by molar-refractivity contribution is 7.89. The summed E-state index contributed by atoms with van der Waals surface area (Å²) < 4.78 is 25.0. The third-order valence-electron chi connectivity index (χ3n) is 4.86. The van der Waals surface area contributed by atoms with E-state index < -0.39 is 9.84 Å². The first-order valence-corrected chi connectivity index (χ1v) is 12.3. The maximum Gasteiger partial charge on any atom is 0.255 e. The smallest absolute Gasteiger partial charge is 0.255 e. The quantitative estimate of drug-likeness (QED) is 0.547. The number of hydrogen-bond acceptors (Lipinski definition) is 5. The number of carbonyl (C=O) groups excluding carboxylic acids is 1. The number of hydrogen-bond donors (Lipinski definition) is 1. The molecule has 164 valence electrons. The highest BCUT2D eigenvalue weighted by atomic mass is 35.5. The highest BCUT2D eigenvalue weighted by Gasteiger charge is 2.20. The predicted molar refractivity (Wildman–Crippen MR) is 121 cm³/mol. The van der Waals surface area contributed by atoms with E-state index in [0.29, 0.717) is 28.3 Å². The summed E-state index contributed by atoms with van der Waals surface area (Å²) in [4.78, 5) is 17.2. The highest BCUT2D eigenvalue weighted by Crippen LogP contribution is 2.22. The van der Waals surface area contributed by atoms with Gasteiger partial charge >= 0.3 is 0 Å². The van der Waals surface area contributed by atoms with Crippen molar-refractivity contribution in [2.24, 2.45) is 0 Å². The number of sulfone groups is 1. The van der Waals surface area contributed by atoms with Crippen molar-refractivity contribution in [2.75, 3.05) is 6.26 Å². The second kappa shape index (κ2) is 9.62. The fraction of sp³-hybridized carbons (Fsp3) is 0.318. The Labute approximate surface area is 187 Å². The summed E-state index contributed by atoms with van der Waals surface area (Å²) in [6.07, 6.45) is 7.46. The molecule has 2 aromatic heterocycles. The van der Waals surface area contributed by atoms with Gasteiger partial charge in [0.1, 0.15) is 0 Å². The van der Waals surface area contributed by atoms with Gasteiger partial charge < -0.3 is 5.32 Å². The van der Waals surface area contributed by atoms with E-state index in [1.165, 1.54) is 12.5 Å². The van der Waals surface area contributed by atoms with Crippen molar-refractivity contribution in [3.63, 3.8) is 0 Å². The van der Waals surface area contributed by atoms with Crippen LogP contribution >= 0.6 is 11.6 Å². The SMILES string of the molecule is CCCC(NC(=O)c1cnn(-c2ccc(Cl)cc2)c1C)c1cncc(CS(C)(=O)=O)c1. The van der Waals surface area contributed by atoms with Gasteiger partial charge in [0.25, 0.3) is 5.91 Å². The molecule has 0 fully saturated rings. The van der Waals surface area contributed by atoms with Crippen LogP contribution in [0, 0.1) is 6.92 Å². The minimum absolute atomic E-state index is 0.0897. The van der Waals surface area contributed by atoms with Crippen LogP contribution in [0.5, 0.6) is 0 Å². The molecule has 31 heavy (non-hydrogen) atoms. The molecule has 0 bridgehead atoms. The number of amides is 1. The largest absolute Gasteiger partial charge is 0.345 e. The Morgan fingerprint density at radius 1 is 1.19 bits per heavy atom. The van der Waals surface area contributed by atoms with Crippen LogP contribution in [0.3, 0.4) is 0 Å². The summed E-state index contributed by atoms with van der Waals surface area (Å²) in [5, 5.41) is 8.03. The number of nitrogens with zero attached hydrogens (tertiary/aromatic N) is 3. The Bertz CT molecular complexity index is 1170. The number of nitrogens with one attached hydrogen (secondary N) is 1. The molecule has 3 aromatic rings. The number of aromatic nitrogens is 3. The summed E-state index contributed by atoms with van der Waals surface area (Å²) in [5.74, 6) is -0.335. The predicted octanol–water partition coefficient (Wildman–Crippen LogP) is 4.04. The third-order valence-corrected chi connectivity index (χ3v) is 5.97. The second-order valence-corrected chi connectivity index (χ2v) is 10.1. The molecule has 0 spiro atoms. The zero-order chi connectivity index (χ0) is 22.6. The molecule has 0 radical (unpaired) electrons.